The Hall–Kier alpha value is -3.00. The van der Waals surface area contributed by atoms with Crippen molar-refractivity contribution in [2.45, 2.75) is 72.6 Å². The van der Waals surface area contributed by atoms with Gasteiger partial charge in [-0.1, -0.05) is 38.5 Å². The standard InChI is InChI=1S/C31H42O7S/c1-6-12-25-30(35)26(22(4)32)19-27(23(5)33)31(25)38-17-11-18-39-20-21(3)24-13-8-9-14-28(24)37-16-10-15-29(34)36-7-2/h8-9,13-14,19,21,35H,6-7,10-12,15-18,20H2,1-5H3. The van der Waals surface area contributed by atoms with Gasteiger partial charge in [0.05, 0.1) is 30.9 Å². The molecule has 0 aliphatic heterocycles. The van der Waals surface area contributed by atoms with Crippen LogP contribution in [0.15, 0.2) is 30.3 Å². The van der Waals surface area contributed by atoms with Gasteiger partial charge in [0.1, 0.15) is 17.2 Å². The predicted octanol–water partition coefficient (Wildman–Crippen LogP) is 6.78. The summed E-state index contributed by atoms with van der Waals surface area (Å²) < 4.78 is 17.0. The minimum atomic E-state index is -0.284. The summed E-state index contributed by atoms with van der Waals surface area (Å²) >= 11 is 1.81. The number of hydrogen-bond donors (Lipinski definition) is 1. The lowest BCUT2D eigenvalue weighted by molar-refractivity contribution is -0.143. The number of carbonyl (C=O) groups excluding carboxylic acids is 3. The normalized spacial score (nSPS) is 11.6. The maximum Gasteiger partial charge on any atom is 0.305 e. The number of benzene rings is 2. The van der Waals surface area contributed by atoms with Gasteiger partial charge in [0.25, 0.3) is 0 Å². The third kappa shape index (κ3) is 9.92. The van der Waals surface area contributed by atoms with Gasteiger partial charge in [-0.15, -0.1) is 0 Å². The molecule has 0 bridgehead atoms. The number of carbonyl (C=O) groups is 3. The number of ketones is 2. The maximum absolute atomic E-state index is 12.3. The third-order valence-electron chi connectivity index (χ3n) is 6.19. The Morgan fingerprint density at radius 2 is 1.67 bits per heavy atom. The average Bonchev–Trinajstić information content (AvgIpc) is 2.90. The van der Waals surface area contributed by atoms with E-state index in [4.69, 9.17) is 14.2 Å². The van der Waals surface area contributed by atoms with E-state index in [-0.39, 0.29) is 34.8 Å². The molecule has 2 aromatic rings. The van der Waals surface area contributed by atoms with Gasteiger partial charge >= 0.3 is 5.97 Å². The Labute approximate surface area is 236 Å². The topological polar surface area (TPSA) is 99.1 Å². The summed E-state index contributed by atoms with van der Waals surface area (Å²) in [5.74, 6) is 2.49. The van der Waals surface area contributed by atoms with Crippen LogP contribution in [0.25, 0.3) is 0 Å². The molecule has 0 aromatic heterocycles. The number of phenols is 1. The zero-order valence-corrected chi connectivity index (χ0v) is 24.7. The largest absolute Gasteiger partial charge is 0.507 e. The fraction of sp³-hybridized carbons (Fsp3) is 0.516. The highest BCUT2D eigenvalue weighted by Gasteiger charge is 2.22. The Kier molecular flexibility index (Phi) is 13.9. The van der Waals surface area contributed by atoms with Crippen LogP contribution in [-0.2, 0) is 16.0 Å². The quantitative estimate of drug-likeness (QED) is 0.121. The predicted molar refractivity (Wildman–Crippen MR) is 156 cm³/mol. The molecule has 0 aliphatic rings. The fourth-order valence-corrected chi connectivity index (χ4v) is 5.25. The number of phenolic OH excluding ortho intramolecular Hbond substituents is 1. The van der Waals surface area contributed by atoms with E-state index in [2.05, 4.69) is 13.0 Å². The zero-order chi connectivity index (χ0) is 28.8. The molecule has 8 heteroatoms. The molecule has 0 fully saturated rings. The Morgan fingerprint density at radius 1 is 0.974 bits per heavy atom. The summed E-state index contributed by atoms with van der Waals surface area (Å²) in [4.78, 5) is 35.8. The highest BCUT2D eigenvalue weighted by Crippen LogP contribution is 2.37. The second-order valence-electron chi connectivity index (χ2n) is 9.46. The number of aromatic hydroxyl groups is 1. The molecule has 0 radical (unpaired) electrons. The molecule has 1 N–H and O–H groups in total. The summed E-state index contributed by atoms with van der Waals surface area (Å²) in [6.45, 7) is 10.0. The lowest BCUT2D eigenvalue weighted by Crippen LogP contribution is -2.10. The molecule has 1 unspecified atom stereocenters. The minimum absolute atomic E-state index is 0.0886. The van der Waals surface area contributed by atoms with Crippen molar-refractivity contribution in [3.8, 4) is 17.2 Å². The molecule has 39 heavy (non-hydrogen) atoms. The highest BCUT2D eigenvalue weighted by atomic mass is 32.2. The smallest absolute Gasteiger partial charge is 0.305 e. The second-order valence-corrected chi connectivity index (χ2v) is 10.6. The van der Waals surface area contributed by atoms with Crippen molar-refractivity contribution >= 4 is 29.3 Å². The monoisotopic (exact) mass is 558 g/mol. The second kappa shape index (κ2) is 16.9. The molecule has 7 nitrogen and oxygen atoms in total. The zero-order valence-electron chi connectivity index (χ0n) is 23.8. The van der Waals surface area contributed by atoms with Crippen molar-refractivity contribution in [2.75, 3.05) is 31.3 Å². The first-order valence-corrected chi connectivity index (χ1v) is 14.8. The lowest BCUT2D eigenvalue weighted by Gasteiger charge is -2.18. The summed E-state index contributed by atoms with van der Waals surface area (Å²) in [7, 11) is 0. The summed E-state index contributed by atoms with van der Waals surface area (Å²) in [6, 6.07) is 9.43. The van der Waals surface area contributed by atoms with E-state index < -0.39 is 0 Å². The van der Waals surface area contributed by atoms with Crippen LogP contribution in [-0.4, -0.2) is 54.0 Å². The Morgan fingerprint density at radius 3 is 2.33 bits per heavy atom. The number of rotatable bonds is 18. The number of thioether (sulfide) groups is 1. The number of ether oxygens (including phenoxy) is 3. The highest BCUT2D eigenvalue weighted by molar-refractivity contribution is 7.99. The van der Waals surface area contributed by atoms with Crippen LogP contribution in [0.4, 0.5) is 0 Å². The number of para-hydroxylation sites is 1. The molecule has 0 saturated heterocycles. The maximum atomic E-state index is 12.3. The Balaban J connectivity index is 1.89. The van der Waals surface area contributed by atoms with Crippen molar-refractivity contribution in [1.29, 1.82) is 0 Å². The SMILES string of the molecule is CCCc1c(O)c(C(C)=O)cc(C(C)=O)c1OCCCSCC(C)c1ccccc1OCCCC(=O)OCC. The molecule has 0 spiro atoms. The van der Waals surface area contributed by atoms with Gasteiger partial charge in [0.15, 0.2) is 11.6 Å². The van der Waals surface area contributed by atoms with Gasteiger partial charge in [0, 0.05) is 17.7 Å². The van der Waals surface area contributed by atoms with E-state index in [1.54, 1.807) is 6.92 Å². The van der Waals surface area contributed by atoms with E-state index in [0.717, 1.165) is 35.7 Å². The number of hydrogen-bond acceptors (Lipinski definition) is 8. The first kappa shape index (κ1) is 32.2. The molecule has 0 amide bonds. The number of Topliss-reactive ketones (excluding diaryl/α,β-unsaturated/α-hetero) is 2. The van der Waals surface area contributed by atoms with Crippen molar-refractivity contribution in [2.24, 2.45) is 0 Å². The molecule has 0 saturated carbocycles. The van der Waals surface area contributed by atoms with Crippen LogP contribution < -0.4 is 9.47 Å². The van der Waals surface area contributed by atoms with Crippen LogP contribution in [0.5, 0.6) is 17.2 Å². The first-order valence-electron chi connectivity index (χ1n) is 13.7. The van der Waals surface area contributed by atoms with Gasteiger partial charge < -0.3 is 19.3 Å². The minimum Gasteiger partial charge on any atom is -0.507 e. The van der Waals surface area contributed by atoms with Crippen LogP contribution in [0, 0.1) is 0 Å². The van der Waals surface area contributed by atoms with Gasteiger partial charge in [0.2, 0.25) is 0 Å². The van der Waals surface area contributed by atoms with Crippen molar-refractivity contribution < 1.29 is 33.7 Å². The van der Waals surface area contributed by atoms with Gasteiger partial charge in [-0.3, -0.25) is 14.4 Å². The van der Waals surface area contributed by atoms with Crippen molar-refractivity contribution in [1.82, 2.24) is 0 Å². The van der Waals surface area contributed by atoms with Gasteiger partial charge in [-0.25, -0.2) is 0 Å². The Bertz CT molecular complexity index is 1110. The first-order chi connectivity index (χ1) is 18.7. The van der Waals surface area contributed by atoms with Crippen LogP contribution >= 0.6 is 11.8 Å². The fourth-order valence-electron chi connectivity index (χ4n) is 4.22. The van der Waals surface area contributed by atoms with E-state index in [0.29, 0.717) is 56.0 Å². The molecule has 1 atom stereocenters. The van der Waals surface area contributed by atoms with E-state index in [1.165, 1.54) is 19.9 Å². The molecular formula is C31H42O7S. The van der Waals surface area contributed by atoms with Gasteiger partial charge in [-0.2, -0.15) is 11.8 Å². The average molecular weight is 559 g/mol. The van der Waals surface area contributed by atoms with Crippen molar-refractivity contribution in [3.05, 3.63) is 52.6 Å². The molecule has 0 heterocycles. The molecule has 0 aliphatic carbocycles. The molecule has 214 valence electrons. The number of esters is 1. The third-order valence-corrected chi connectivity index (χ3v) is 7.51. The van der Waals surface area contributed by atoms with E-state index in [1.807, 2.05) is 36.9 Å². The molecular weight excluding hydrogens is 516 g/mol. The van der Waals surface area contributed by atoms with Gasteiger partial charge in [-0.05, 0) is 69.4 Å². The van der Waals surface area contributed by atoms with E-state index >= 15 is 0 Å². The van der Waals surface area contributed by atoms with E-state index in [9.17, 15) is 19.5 Å². The van der Waals surface area contributed by atoms with Crippen LogP contribution in [0.3, 0.4) is 0 Å². The summed E-state index contributed by atoms with van der Waals surface area (Å²) in [6.07, 6.45) is 2.97. The summed E-state index contributed by atoms with van der Waals surface area (Å²) in [5, 5.41) is 10.7. The van der Waals surface area contributed by atoms with Crippen molar-refractivity contribution in [3.63, 3.8) is 0 Å². The molecule has 2 aromatic carbocycles. The van der Waals surface area contributed by atoms with Crippen LogP contribution in [0.1, 0.15) is 98.1 Å². The lowest BCUT2D eigenvalue weighted by atomic mass is 9.95. The summed E-state index contributed by atoms with van der Waals surface area (Å²) in [5.41, 5.74) is 2.15. The van der Waals surface area contributed by atoms with Crippen LogP contribution in [0.2, 0.25) is 0 Å². The molecule has 2 rings (SSSR count).